The molecule has 1 aliphatic carbocycles. The van der Waals surface area contributed by atoms with Crippen molar-refractivity contribution in [1.82, 2.24) is 9.55 Å². The van der Waals surface area contributed by atoms with E-state index in [0.717, 1.165) is 22.2 Å². The summed E-state index contributed by atoms with van der Waals surface area (Å²) in [6.45, 7) is 0. The summed E-state index contributed by atoms with van der Waals surface area (Å²) in [5.41, 5.74) is 13.3. The topological polar surface area (TPSA) is 17.8 Å². The molecule has 0 unspecified atom stereocenters. The molecule has 0 atom stereocenters. The number of benzene rings is 7. The van der Waals surface area contributed by atoms with E-state index in [-0.39, 0.29) is 0 Å². The number of para-hydroxylation sites is 2. The molecule has 11 rings (SSSR count). The number of hydrogen-bond acceptors (Lipinski definition) is 2. The first-order chi connectivity index (χ1) is 24.3. The second-order valence-electron chi connectivity index (χ2n) is 13.0. The second kappa shape index (κ2) is 10.1. The lowest BCUT2D eigenvalue weighted by atomic mass is 9.67. The maximum atomic E-state index is 5.41. The second-order valence-corrected chi connectivity index (χ2v) is 14.1. The maximum absolute atomic E-state index is 5.41. The Morgan fingerprint density at radius 1 is 0.469 bits per heavy atom. The summed E-state index contributed by atoms with van der Waals surface area (Å²) in [4.78, 5) is 7.99. The minimum atomic E-state index is -0.439. The van der Waals surface area contributed by atoms with Crippen LogP contribution in [-0.4, -0.2) is 9.55 Å². The first-order valence-electron chi connectivity index (χ1n) is 16.8. The third-order valence-electron chi connectivity index (χ3n) is 10.7. The fourth-order valence-corrected chi connectivity index (χ4v) is 10.1. The fourth-order valence-electron chi connectivity index (χ4n) is 8.73. The van der Waals surface area contributed by atoms with Gasteiger partial charge in [-0.3, -0.25) is 4.57 Å². The first kappa shape index (κ1) is 27.1. The van der Waals surface area contributed by atoms with E-state index in [1.54, 1.807) is 0 Å². The van der Waals surface area contributed by atoms with E-state index < -0.39 is 5.41 Å². The minimum absolute atomic E-state index is 0.439. The highest BCUT2D eigenvalue weighted by Gasteiger charge is 2.50. The number of pyridine rings is 1. The van der Waals surface area contributed by atoms with E-state index in [9.17, 15) is 0 Å². The quantitative estimate of drug-likeness (QED) is 0.187. The van der Waals surface area contributed by atoms with Gasteiger partial charge in [-0.15, -0.1) is 0 Å². The molecule has 0 bridgehead atoms. The van der Waals surface area contributed by atoms with Crippen molar-refractivity contribution in [2.24, 2.45) is 0 Å². The zero-order chi connectivity index (χ0) is 32.1. The third-order valence-corrected chi connectivity index (χ3v) is 11.9. The average Bonchev–Trinajstić information content (AvgIpc) is 3.66. The van der Waals surface area contributed by atoms with Gasteiger partial charge < -0.3 is 0 Å². The van der Waals surface area contributed by atoms with E-state index in [4.69, 9.17) is 4.98 Å². The van der Waals surface area contributed by atoms with Crippen molar-refractivity contribution in [3.8, 4) is 28.1 Å². The molecule has 0 N–H and O–H groups in total. The van der Waals surface area contributed by atoms with Gasteiger partial charge in [0.15, 0.2) is 0 Å². The molecular weight excluding hydrogens is 613 g/mol. The SMILES string of the molecule is c1ccc(-c2cc(-n3c4ccccc4c4ccc5c(c43)Sc3ccccc3C53c4ccccc4-c4ccccc43)nc3ccccc23)cc1. The Bertz CT molecular complexity index is 2770. The first-order valence-corrected chi connectivity index (χ1v) is 17.6. The van der Waals surface area contributed by atoms with Crippen LogP contribution in [0.1, 0.15) is 22.3 Å². The molecule has 2 aliphatic rings. The van der Waals surface area contributed by atoms with E-state index in [1.165, 1.54) is 70.6 Å². The highest BCUT2D eigenvalue weighted by Crippen LogP contribution is 2.63. The van der Waals surface area contributed by atoms with Crippen molar-refractivity contribution in [3.05, 3.63) is 192 Å². The zero-order valence-corrected chi connectivity index (χ0v) is 27.3. The van der Waals surface area contributed by atoms with E-state index >= 15 is 0 Å². The Labute approximate surface area is 288 Å². The van der Waals surface area contributed by atoms with Gasteiger partial charge in [0.05, 0.1) is 22.0 Å². The molecular formula is C46H28N2S. The zero-order valence-electron chi connectivity index (χ0n) is 26.5. The van der Waals surface area contributed by atoms with Gasteiger partial charge in [-0.2, -0.15) is 0 Å². The summed E-state index contributed by atoms with van der Waals surface area (Å²) in [5, 5.41) is 3.63. The van der Waals surface area contributed by atoms with E-state index in [1.807, 2.05) is 11.8 Å². The third kappa shape index (κ3) is 3.55. The monoisotopic (exact) mass is 640 g/mol. The molecule has 1 aliphatic heterocycles. The Balaban J connectivity index is 1.31. The van der Waals surface area contributed by atoms with Gasteiger partial charge >= 0.3 is 0 Å². The van der Waals surface area contributed by atoms with Gasteiger partial charge in [0.2, 0.25) is 0 Å². The van der Waals surface area contributed by atoms with Crippen molar-refractivity contribution in [1.29, 1.82) is 0 Å². The van der Waals surface area contributed by atoms with Crippen molar-refractivity contribution < 1.29 is 0 Å². The van der Waals surface area contributed by atoms with Crippen LogP contribution in [0.2, 0.25) is 0 Å². The largest absolute Gasteiger partial charge is 0.293 e. The summed E-state index contributed by atoms with van der Waals surface area (Å²) in [6, 6.07) is 62.2. The highest BCUT2D eigenvalue weighted by molar-refractivity contribution is 7.99. The molecule has 0 fully saturated rings. The molecule has 7 aromatic carbocycles. The number of aromatic nitrogens is 2. The predicted molar refractivity (Wildman–Crippen MR) is 203 cm³/mol. The lowest BCUT2D eigenvalue weighted by Crippen LogP contribution is -2.32. The van der Waals surface area contributed by atoms with Gasteiger partial charge in [-0.1, -0.05) is 157 Å². The molecule has 0 radical (unpaired) electrons. The molecule has 0 saturated heterocycles. The Hall–Kier alpha value is -5.90. The molecule has 2 aromatic heterocycles. The van der Waals surface area contributed by atoms with Crippen molar-refractivity contribution in [3.63, 3.8) is 0 Å². The van der Waals surface area contributed by atoms with E-state index in [0.29, 0.717) is 0 Å². The van der Waals surface area contributed by atoms with E-state index in [2.05, 4.69) is 174 Å². The van der Waals surface area contributed by atoms with Crippen LogP contribution in [0.15, 0.2) is 180 Å². The smallest absolute Gasteiger partial charge is 0.138 e. The number of fused-ring (bicyclic) bond motifs is 14. The molecule has 2 nitrogen and oxygen atoms in total. The summed E-state index contributed by atoms with van der Waals surface area (Å²) < 4.78 is 2.43. The molecule has 49 heavy (non-hydrogen) atoms. The van der Waals surface area contributed by atoms with Crippen LogP contribution in [0.5, 0.6) is 0 Å². The van der Waals surface area contributed by atoms with Crippen LogP contribution in [0.3, 0.4) is 0 Å². The van der Waals surface area contributed by atoms with Crippen LogP contribution in [0, 0.1) is 0 Å². The summed E-state index contributed by atoms with van der Waals surface area (Å²) in [5.74, 6) is 0.929. The summed E-state index contributed by atoms with van der Waals surface area (Å²) in [6.07, 6.45) is 0. The highest BCUT2D eigenvalue weighted by atomic mass is 32.2. The standard InChI is InChI=1S/C46H28N2S/c1-2-14-29(15-3-1)35-28-43(47-40-23-11-6-18-32(35)40)48-41-24-12-7-19-33(41)34-26-27-39-45(44(34)48)49-42-25-13-10-22-38(42)46(39)36-20-8-4-16-30(36)31-17-5-9-21-37(31)46/h1-28H. The van der Waals surface area contributed by atoms with Crippen LogP contribution >= 0.6 is 11.8 Å². The fraction of sp³-hybridized carbons (Fsp3) is 0.0217. The van der Waals surface area contributed by atoms with Gasteiger partial charge in [0.1, 0.15) is 5.82 Å². The summed E-state index contributed by atoms with van der Waals surface area (Å²) in [7, 11) is 0. The van der Waals surface area contributed by atoms with Crippen LogP contribution in [0.4, 0.5) is 0 Å². The lowest BCUT2D eigenvalue weighted by Gasteiger charge is -2.40. The lowest BCUT2D eigenvalue weighted by molar-refractivity contribution is 0.724. The normalized spacial score (nSPS) is 13.8. The van der Waals surface area contributed by atoms with Crippen molar-refractivity contribution >= 4 is 44.5 Å². The average molecular weight is 641 g/mol. The van der Waals surface area contributed by atoms with Crippen LogP contribution in [-0.2, 0) is 5.41 Å². The molecule has 1 spiro atoms. The number of nitrogens with zero attached hydrogens (tertiary/aromatic N) is 2. The molecule has 3 heterocycles. The Morgan fingerprint density at radius 2 is 1.10 bits per heavy atom. The van der Waals surface area contributed by atoms with Gasteiger partial charge in [-0.05, 0) is 68.8 Å². The molecule has 0 amide bonds. The Morgan fingerprint density at radius 3 is 1.90 bits per heavy atom. The minimum Gasteiger partial charge on any atom is -0.293 e. The van der Waals surface area contributed by atoms with Crippen LogP contribution < -0.4 is 0 Å². The van der Waals surface area contributed by atoms with Crippen molar-refractivity contribution in [2.75, 3.05) is 0 Å². The van der Waals surface area contributed by atoms with Gasteiger partial charge in [-0.25, -0.2) is 4.98 Å². The van der Waals surface area contributed by atoms with Crippen molar-refractivity contribution in [2.45, 2.75) is 15.2 Å². The van der Waals surface area contributed by atoms with Gasteiger partial charge in [0, 0.05) is 25.9 Å². The molecule has 228 valence electrons. The number of rotatable bonds is 2. The Kier molecular flexibility index (Phi) is 5.56. The predicted octanol–water partition coefficient (Wildman–Crippen LogP) is 11.8. The van der Waals surface area contributed by atoms with Gasteiger partial charge in [0.25, 0.3) is 0 Å². The molecule has 9 aromatic rings. The molecule has 0 saturated carbocycles. The maximum Gasteiger partial charge on any atom is 0.138 e. The van der Waals surface area contributed by atoms with Crippen LogP contribution in [0.25, 0.3) is 60.8 Å². The summed E-state index contributed by atoms with van der Waals surface area (Å²) >= 11 is 1.90. The number of hydrogen-bond donors (Lipinski definition) is 0. The molecule has 3 heteroatoms.